The average Bonchev–Trinajstić information content (AvgIpc) is 2.69. The summed E-state index contributed by atoms with van der Waals surface area (Å²) >= 11 is 6.25. The summed E-state index contributed by atoms with van der Waals surface area (Å²) in [6.07, 6.45) is 2.15. The zero-order valence-electron chi connectivity index (χ0n) is 14.9. The Hall–Kier alpha value is -1.88. The monoisotopic (exact) mass is 371 g/mol. The second kappa shape index (κ2) is 9.17. The van der Waals surface area contributed by atoms with Gasteiger partial charge in [0.05, 0.1) is 0 Å². The van der Waals surface area contributed by atoms with Crippen LogP contribution in [-0.4, -0.2) is 30.4 Å². The molecule has 26 heavy (non-hydrogen) atoms. The van der Waals surface area contributed by atoms with Crippen LogP contribution in [0.3, 0.4) is 0 Å². The Balaban J connectivity index is 1.41. The van der Waals surface area contributed by atoms with Gasteiger partial charge in [-0.3, -0.25) is 9.69 Å². The molecule has 0 aromatic heterocycles. The third-order valence-corrected chi connectivity index (χ3v) is 5.43. The number of hydrogen-bond acceptors (Lipinski definition) is 3. The van der Waals surface area contributed by atoms with E-state index < -0.39 is 6.04 Å². The minimum Gasteiger partial charge on any atom is -0.354 e. The molecule has 3 N–H and O–H groups in total. The average molecular weight is 372 g/mol. The van der Waals surface area contributed by atoms with Crippen LogP contribution in [0.25, 0.3) is 0 Å². The molecule has 1 aliphatic rings. The molecule has 0 spiro atoms. The van der Waals surface area contributed by atoms with E-state index in [1.807, 2.05) is 48.5 Å². The standard InChI is InChI=1S/C21H26ClN3O/c22-19-9-5-4-8-18(19)15-25-12-10-16(11-13-25)14-24-21(26)20(23)17-6-2-1-3-7-17/h1-9,16,20H,10-15,23H2,(H,24,26). The lowest BCUT2D eigenvalue weighted by molar-refractivity contribution is -0.122. The van der Waals surface area contributed by atoms with Gasteiger partial charge in [-0.05, 0) is 49.0 Å². The summed E-state index contributed by atoms with van der Waals surface area (Å²) in [5, 5.41) is 3.85. The molecule has 0 saturated carbocycles. The lowest BCUT2D eigenvalue weighted by Crippen LogP contribution is -2.41. The van der Waals surface area contributed by atoms with Gasteiger partial charge in [-0.1, -0.05) is 60.1 Å². The minimum absolute atomic E-state index is 0.102. The second-order valence-electron chi connectivity index (χ2n) is 6.94. The van der Waals surface area contributed by atoms with Crippen LogP contribution in [0.2, 0.25) is 5.02 Å². The van der Waals surface area contributed by atoms with E-state index in [0.717, 1.165) is 43.1 Å². The van der Waals surface area contributed by atoms with E-state index in [2.05, 4.69) is 16.3 Å². The molecular formula is C21H26ClN3O. The maximum absolute atomic E-state index is 12.3. The number of nitrogens with one attached hydrogen (secondary N) is 1. The number of piperidine rings is 1. The normalized spacial score (nSPS) is 17.0. The summed E-state index contributed by atoms with van der Waals surface area (Å²) in [5.41, 5.74) is 8.07. The quantitative estimate of drug-likeness (QED) is 0.818. The van der Waals surface area contributed by atoms with Crippen molar-refractivity contribution in [3.8, 4) is 0 Å². The van der Waals surface area contributed by atoms with Crippen molar-refractivity contribution in [2.75, 3.05) is 19.6 Å². The van der Waals surface area contributed by atoms with Gasteiger partial charge in [0.25, 0.3) is 0 Å². The van der Waals surface area contributed by atoms with Crippen LogP contribution < -0.4 is 11.1 Å². The molecule has 0 aliphatic carbocycles. The molecule has 4 nitrogen and oxygen atoms in total. The van der Waals surface area contributed by atoms with Crippen LogP contribution in [0.15, 0.2) is 54.6 Å². The molecule has 2 aromatic rings. The number of carbonyl (C=O) groups excluding carboxylic acids is 1. The summed E-state index contributed by atoms with van der Waals surface area (Å²) in [6, 6.07) is 16.9. The van der Waals surface area contributed by atoms with Crippen LogP contribution in [0.1, 0.15) is 30.0 Å². The molecular weight excluding hydrogens is 346 g/mol. The van der Waals surface area contributed by atoms with E-state index in [1.165, 1.54) is 5.56 Å². The number of rotatable bonds is 6. The fraction of sp³-hybridized carbons (Fsp3) is 0.381. The maximum Gasteiger partial charge on any atom is 0.241 e. The highest BCUT2D eigenvalue weighted by Gasteiger charge is 2.22. The number of nitrogens with two attached hydrogens (primary N) is 1. The van der Waals surface area contributed by atoms with Crippen LogP contribution in [0.5, 0.6) is 0 Å². The van der Waals surface area contributed by atoms with Gasteiger partial charge < -0.3 is 11.1 Å². The number of carbonyl (C=O) groups is 1. The molecule has 1 unspecified atom stereocenters. The van der Waals surface area contributed by atoms with Crippen molar-refractivity contribution < 1.29 is 4.79 Å². The van der Waals surface area contributed by atoms with Gasteiger partial charge in [0, 0.05) is 18.1 Å². The Morgan fingerprint density at radius 1 is 1.12 bits per heavy atom. The number of halogens is 1. The fourth-order valence-electron chi connectivity index (χ4n) is 3.38. The van der Waals surface area contributed by atoms with Gasteiger partial charge in [0.1, 0.15) is 6.04 Å². The highest BCUT2D eigenvalue weighted by Crippen LogP contribution is 2.22. The molecule has 138 valence electrons. The first-order valence-electron chi connectivity index (χ1n) is 9.17. The third kappa shape index (κ3) is 5.07. The summed E-state index contributed by atoms with van der Waals surface area (Å²) in [4.78, 5) is 14.7. The molecule has 1 aliphatic heterocycles. The molecule has 1 saturated heterocycles. The number of amides is 1. The number of likely N-dealkylation sites (tertiary alicyclic amines) is 1. The van der Waals surface area contributed by atoms with E-state index in [9.17, 15) is 4.79 Å². The second-order valence-corrected chi connectivity index (χ2v) is 7.35. The van der Waals surface area contributed by atoms with Crippen molar-refractivity contribution in [2.24, 2.45) is 11.7 Å². The van der Waals surface area contributed by atoms with E-state index in [4.69, 9.17) is 17.3 Å². The van der Waals surface area contributed by atoms with Gasteiger partial charge in [0.2, 0.25) is 5.91 Å². The van der Waals surface area contributed by atoms with Gasteiger partial charge in [-0.2, -0.15) is 0 Å². The van der Waals surface area contributed by atoms with Crippen LogP contribution in [-0.2, 0) is 11.3 Å². The molecule has 1 atom stereocenters. The molecule has 0 bridgehead atoms. The van der Waals surface area contributed by atoms with Crippen molar-refractivity contribution in [2.45, 2.75) is 25.4 Å². The topological polar surface area (TPSA) is 58.4 Å². The van der Waals surface area contributed by atoms with Gasteiger partial charge >= 0.3 is 0 Å². The summed E-state index contributed by atoms with van der Waals surface area (Å²) < 4.78 is 0. The van der Waals surface area contributed by atoms with E-state index in [-0.39, 0.29) is 5.91 Å². The summed E-state index contributed by atoms with van der Waals surface area (Å²) in [5.74, 6) is 0.402. The van der Waals surface area contributed by atoms with Crippen LogP contribution in [0.4, 0.5) is 0 Å². The summed E-state index contributed by atoms with van der Waals surface area (Å²) in [7, 11) is 0. The number of nitrogens with zero attached hydrogens (tertiary/aromatic N) is 1. The molecule has 0 radical (unpaired) electrons. The molecule has 5 heteroatoms. The first kappa shape index (κ1) is 18.9. The highest BCUT2D eigenvalue weighted by molar-refractivity contribution is 6.31. The Labute approximate surface area is 160 Å². The van der Waals surface area contributed by atoms with Crippen LogP contribution >= 0.6 is 11.6 Å². The molecule has 3 rings (SSSR count). The van der Waals surface area contributed by atoms with Gasteiger partial charge in [-0.15, -0.1) is 0 Å². The van der Waals surface area contributed by atoms with Crippen LogP contribution in [0, 0.1) is 5.92 Å². The zero-order valence-corrected chi connectivity index (χ0v) is 15.7. The van der Waals surface area contributed by atoms with Crippen molar-refractivity contribution in [3.63, 3.8) is 0 Å². The van der Waals surface area contributed by atoms with Crippen molar-refractivity contribution >= 4 is 17.5 Å². The van der Waals surface area contributed by atoms with Gasteiger partial charge in [-0.25, -0.2) is 0 Å². The molecule has 1 heterocycles. The van der Waals surface area contributed by atoms with Gasteiger partial charge in [0.15, 0.2) is 0 Å². The van der Waals surface area contributed by atoms with Crippen molar-refractivity contribution in [1.29, 1.82) is 0 Å². The first-order valence-corrected chi connectivity index (χ1v) is 9.55. The molecule has 1 amide bonds. The molecule has 2 aromatic carbocycles. The minimum atomic E-state index is -0.600. The Kier molecular flexibility index (Phi) is 6.67. The maximum atomic E-state index is 12.3. The fourth-order valence-corrected chi connectivity index (χ4v) is 3.58. The lowest BCUT2D eigenvalue weighted by Gasteiger charge is -2.32. The van der Waals surface area contributed by atoms with E-state index >= 15 is 0 Å². The number of benzene rings is 2. The first-order chi connectivity index (χ1) is 12.6. The zero-order chi connectivity index (χ0) is 18.4. The molecule has 1 fully saturated rings. The van der Waals surface area contributed by atoms with Crippen molar-refractivity contribution in [3.05, 3.63) is 70.7 Å². The predicted octanol–water partition coefficient (Wildman–Crippen LogP) is 3.37. The highest BCUT2D eigenvalue weighted by atomic mass is 35.5. The Morgan fingerprint density at radius 2 is 1.77 bits per heavy atom. The Morgan fingerprint density at radius 3 is 2.46 bits per heavy atom. The van der Waals surface area contributed by atoms with E-state index in [0.29, 0.717) is 12.5 Å². The summed E-state index contributed by atoms with van der Waals surface area (Å²) in [6.45, 7) is 3.63. The third-order valence-electron chi connectivity index (χ3n) is 5.07. The van der Waals surface area contributed by atoms with E-state index in [1.54, 1.807) is 0 Å². The lowest BCUT2D eigenvalue weighted by atomic mass is 9.96. The smallest absolute Gasteiger partial charge is 0.241 e. The predicted molar refractivity (Wildman–Crippen MR) is 106 cm³/mol. The SMILES string of the molecule is NC(C(=O)NCC1CCN(Cc2ccccc2Cl)CC1)c1ccccc1. The largest absolute Gasteiger partial charge is 0.354 e. The Bertz CT molecular complexity index is 714. The van der Waals surface area contributed by atoms with Crippen molar-refractivity contribution in [1.82, 2.24) is 10.2 Å². The number of hydrogen-bond donors (Lipinski definition) is 2.